The molecule has 0 saturated heterocycles. The molecule has 10 heteroatoms. The van der Waals surface area contributed by atoms with Crippen LogP contribution in [-0.4, -0.2) is 13.3 Å². The second kappa shape index (κ2) is 6.41. The summed E-state index contributed by atoms with van der Waals surface area (Å²) in [5.74, 6) is 0. The van der Waals surface area contributed by atoms with Gasteiger partial charge >= 0.3 is 0 Å². The minimum atomic E-state index is -3.85. The summed E-state index contributed by atoms with van der Waals surface area (Å²) in [5, 5.41) is 12.5. The van der Waals surface area contributed by atoms with E-state index in [0.29, 0.717) is 0 Å². The molecule has 0 aliphatic rings. The van der Waals surface area contributed by atoms with Crippen molar-refractivity contribution in [3.05, 3.63) is 54.1 Å². The molecule has 1 heterocycles. The number of thiophene rings is 1. The summed E-state index contributed by atoms with van der Waals surface area (Å²) in [6, 6.07) is 5.16. The average Bonchev–Trinajstić information content (AvgIpc) is 2.82. The molecule has 2 aromatic rings. The SMILES string of the molecule is O=[N+]([O-])c1cc(S(=O)(=O)NCc2sccc2Br)ccc1Cl. The van der Waals surface area contributed by atoms with Gasteiger partial charge in [0.05, 0.1) is 9.82 Å². The van der Waals surface area contributed by atoms with Crippen LogP contribution in [0.1, 0.15) is 4.88 Å². The first-order valence-electron chi connectivity index (χ1n) is 5.47. The molecule has 0 bridgehead atoms. The van der Waals surface area contributed by atoms with Crippen molar-refractivity contribution in [1.29, 1.82) is 0 Å². The van der Waals surface area contributed by atoms with E-state index in [0.717, 1.165) is 15.4 Å². The van der Waals surface area contributed by atoms with E-state index in [1.165, 1.54) is 23.5 Å². The van der Waals surface area contributed by atoms with Crippen molar-refractivity contribution in [3.8, 4) is 0 Å². The number of nitro benzene ring substituents is 1. The van der Waals surface area contributed by atoms with Crippen LogP contribution in [-0.2, 0) is 16.6 Å². The fourth-order valence-corrected chi connectivity index (χ4v) is 4.22. The molecule has 21 heavy (non-hydrogen) atoms. The molecule has 6 nitrogen and oxygen atoms in total. The molecule has 1 aromatic heterocycles. The lowest BCUT2D eigenvalue weighted by molar-refractivity contribution is -0.384. The molecule has 112 valence electrons. The van der Waals surface area contributed by atoms with Gasteiger partial charge in [0.25, 0.3) is 5.69 Å². The number of nitrogens with zero attached hydrogens (tertiary/aromatic N) is 1. The first kappa shape index (κ1) is 16.4. The fourth-order valence-electron chi connectivity index (χ4n) is 1.49. The molecule has 0 saturated carbocycles. The van der Waals surface area contributed by atoms with Gasteiger partial charge in [-0.1, -0.05) is 11.6 Å². The van der Waals surface area contributed by atoms with Crippen molar-refractivity contribution in [2.75, 3.05) is 0 Å². The third-order valence-corrected chi connectivity index (χ3v) is 6.18. The summed E-state index contributed by atoms with van der Waals surface area (Å²) in [7, 11) is -3.85. The van der Waals surface area contributed by atoms with Crippen molar-refractivity contribution < 1.29 is 13.3 Å². The molecule has 0 amide bonds. The Bertz CT molecular complexity index is 791. The molecular formula is C11H8BrClN2O4S2. The smallest absolute Gasteiger partial charge is 0.258 e. The number of halogens is 2. The van der Waals surface area contributed by atoms with Crippen LogP contribution in [0.2, 0.25) is 5.02 Å². The van der Waals surface area contributed by atoms with Crippen LogP contribution < -0.4 is 4.72 Å². The van der Waals surface area contributed by atoms with Gasteiger partial charge in [0.15, 0.2) is 0 Å². The lowest BCUT2D eigenvalue weighted by Crippen LogP contribution is -2.23. The molecule has 0 unspecified atom stereocenters. The minimum Gasteiger partial charge on any atom is -0.258 e. The Balaban J connectivity index is 2.26. The maximum Gasteiger partial charge on any atom is 0.289 e. The fraction of sp³-hybridized carbons (Fsp3) is 0.0909. The van der Waals surface area contributed by atoms with Gasteiger partial charge < -0.3 is 0 Å². The van der Waals surface area contributed by atoms with E-state index in [2.05, 4.69) is 20.7 Å². The lowest BCUT2D eigenvalue weighted by Gasteiger charge is -2.06. The van der Waals surface area contributed by atoms with Crippen molar-refractivity contribution >= 4 is 54.6 Å². The van der Waals surface area contributed by atoms with Gasteiger partial charge in [0, 0.05) is 22.0 Å². The third kappa shape index (κ3) is 3.80. The zero-order valence-corrected chi connectivity index (χ0v) is 14.2. The Morgan fingerprint density at radius 3 is 2.67 bits per heavy atom. The van der Waals surface area contributed by atoms with E-state index in [1.807, 2.05) is 5.38 Å². The van der Waals surface area contributed by atoms with E-state index in [-0.39, 0.29) is 16.5 Å². The Morgan fingerprint density at radius 1 is 1.38 bits per heavy atom. The molecule has 0 aliphatic heterocycles. The maximum absolute atomic E-state index is 12.1. The molecule has 2 rings (SSSR count). The van der Waals surface area contributed by atoms with E-state index in [9.17, 15) is 18.5 Å². The van der Waals surface area contributed by atoms with Crippen LogP contribution in [0.4, 0.5) is 5.69 Å². The van der Waals surface area contributed by atoms with Gasteiger partial charge in [-0.2, -0.15) is 0 Å². The molecule has 0 atom stereocenters. The molecule has 1 aromatic carbocycles. The highest BCUT2D eigenvalue weighted by atomic mass is 79.9. The second-order valence-corrected chi connectivity index (χ2v) is 7.92. The molecule has 0 fully saturated rings. The topological polar surface area (TPSA) is 89.3 Å². The zero-order chi connectivity index (χ0) is 15.6. The van der Waals surface area contributed by atoms with Crippen molar-refractivity contribution in [2.24, 2.45) is 0 Å². The molecule has 1 N–H and O–H groups in total. The zero-order valence-electron chi connectivity index (χ0n) is 10.2. The van der Waals surface area contributed by atoms with E-state index in [4.69, 9.17) is 11.6 Å². The van der Waals surface area contributed by atoms with Crippen molar-refractivity contribution in [3.63, 3.8) is 0 Å². The van der Waals surface area contributed by atoms with Crippen LogP contribution in [0.15, 0.2) is 39.0 Å². The predicted octanol–water partition coefficient (Wildman–Crippen LogP) is 3.55. The van der Waals surface area contributed by atoms with Crippen molar-refractivity contribution in [1.82, 2.24) is 4.72 Å². The second-order valence-electron chi connectivity index (χ2n) is 3.89. The van der Waals surface area contributed by atoms with E-state index >= 15 is 0 Å². The average molecular weight is 412 g/mol. The summed E-state index contributed by atoms with van der Waals surface area (Å²) in [6.07, 6.45) is 0. The largest absolute Gasteiger partial charge is 0.289 e. The summed E-state index contributed by atoms with van der Waals surface area (Å²) >= 11 is 10.4. The Labute approximate surface area is 138 Å². The van der Waals surface area contributed by atoms with Crippen LogP contribution in [0.3, 0.4) is 0 Å². The number of nitrogens with one attached hydrogen (secondary N) is 1. The highest BCUT2D eigenvalue weighted by Gasteiger charge is 2.20. The number of benzene rings is 1. The van der Waals surface area contributed by atoms with Crippen LogP contribution in [0.5, 0.6) is 0 Å². The Kier molecular flexibility index (Phi) is 4.99. The van der Waals surface area contributed by atoms with Crippen LogP contribution >= 0.6 is 38.9 Å². The number of hydrogen-bond donors (Lipinski definition) is 1. The van der Waals surface area contributed by atoms with Gasteiger partial charge in [-0.15, -0.1) is 11.3 Å². The van der Waals surface area contributed by atoms with Gasteiger partial charge in [-0.05, 0) is 39.5 Å². The lowest BCUT2D eigenvalue weighted by atomic mass is 10.3. The minimum absolute atomic E-state index is 0.0943. The summed E-state index contributed by atoms with van der Waals surface area (Å²) in [5.41, 5.74) is -0.447. The Hall–Kier alpha value is -1.000. The number of hydrogen-bond acceptors (Lipinski definition) is 5. The maximum atomic E-state index is 12.1. The molecule has 0 radical (unpaired) electrons. The van der Waals surface area contributed by atoms with Gasteiger partial charge in [0.2, 0.25) is 10.0 Å². The monoisotopic (exact) mass is 410 g/mol. The first-order chi connectivity index (χ1) is 9.81. The summed E-state index contributed by atoms with van der Waals surface area (Å²) < 4.78 is 27.5. The molecule has 0 aliphatic carbocycles. The van der Waals surface area contributed by atoms with Crippen LogP contribution in [0.25, 0.3) is 0 Å². The molecule has 0 spiro atoms. The number of sulfonamides is 1. The van der Waals surface area contributed by atoms with E-state index in [1.54, 1.807) is 6.07 Å². The quantitative estimate of drug-likeness (QED) is 0.602. The summed E-state index contributed by atoms with van der Waals surface area (Å²) in [6.45, 7) is 0.0943. The van der Waals surface area contributed by atoms with Crippen molar-refractivity contribution in [2.45, 2.75) is 11.4 Å². The third-order valence-electron chi connectivity index (χ3n) is 2.54. The normalized spacial score (nSPS) is 11.5. The van der Waals surface area contributed by atoms with Crippen LogP contribution in [0, 0.1) is 10.1 Å². The predicted molar refractivity (Wildman–Crippen MR) is 84.2 cm³/mol. The standard InChI is InChI=1S/C11H8BrClN2O4S2/c12-8-3-4-20-11(8)6-14-21(18,19)7-1-2-9(13)10(5-7)15(16)17/h1-5,14H,6H2. The first-order valence-corrected chi connectivity index (χ1v) is 9.00. The van der Waals surface area contributed by atoms with Gasteiger partial charge in [-0.3, -0.25) is 10.1 Å². The summed E-state index contributed by atoms with van der Waals surface area (Å²) in [4.78, 5) is 10.7. The highest BCUT2D eigenvalue weighted by Crippen LogP contribution is 2.27. The Morgan fingerprint density at radius 2 is 2.10 bits per heavy atom. The van der Waals surface area contributed by atoms with Gasteiger partial charge in [-0.25, -0.2) is 13.1 Å². The number of nitro groups is 1. The number of rotatable bonds is 5. The van der Waals surface area contributed by atoms with E-state index < -0.39 is 20.6 Å². The molecular weight excluding hydrogens is 404 g/mol. The highest BCUT2D eigenvalue weighted by molar-refractivity contribution is 9.10. The van der Waals surface area contributed by atoms with Gasteiger partial charge in [0.1, 0.15) is 5.02 Å².